The number of halogens is 1. The van der Waals surface area contributed by atoms with Crippen LogP contribution >= 0.6 is 11.6 Å². The van der Waals surface area contributed by atoms with Crippen LogP contribution in [0.3, 0.4) is 0 Å². The first-order chi connectivity index (χ1) is 15.4. The second-order valence-corrected chi connectivity index (χ2v) is 9.85. The van der Waals surface area contributed by atoms with E-state index in [1.165, 1.54) is 0 Å². The number of sulfonamides is 1. The molecule has 0 atom stereocenters. The molecular weight excluding hydrogens is 450 g/mol. The molecule has 9 nitrogen and oxygen atoms in total. The van der Waals surface area contributed by atoms with Crippen molar-refractivity contribution in [3.8, 4) is 28.7 Å². The third kappa shape index (κ3) is 3.66. The van der Waals surface area contributed by atoms with Gasteiger partial charge in [-0.1, -0.05) is 17.7 Å². The highest BCUT2D eigenvalue weighted by Gasteiger charge is 2.37. The van der Waals surface area contributed by atoms with Gasteiger partial charge in [0.05, 0.1) is 15.8 Å². The number of aryl methyl sites for hydroxylation is 1. The minimum Gasteiger partial charge on any atom is -0.275 e. The first kappa shape index (κ1) is 20.4. The Morgan fingerprint density at radius 2 is 2.03 bits per heavy atom. The number of pyridine rings is 1. The molecule has 32 heavy (non-hydrogen) atoms. The number of hydrogen-bond donors (Lipinski definition) is 1. The van der Waals surface area contributed by atoms with Crippen LogP contribution in [-0.2, 0) is 17.1 Å². The summed E-state index contributed by atoms with van der Waals surface area (Å²) in [5.74, 6) is -0.114. The normalized spacial score (nSPS) is 13.8. The van der Waals surface area contributed by atoms with Crippen molar-refractivity contribution >= 4 is 38.3 Å². The molecular formula is C21H16ClN7O2S. The van der Waals surface area contributed by atoms with Gasteiger partial charge in [-0.15, -0.1) is 0 Å². The average Bonchev–Trinajstić information content (AvgIpc) is 3.55. The van der Waals surface area contributed by atoms with Crippen LogP contribution in [0.15, 0.2) is 42.7 Å². The van der Waals surface area contributed by atoms with Gasteiger partial charge in [0.15, 0.2) is 11.5 Å². The highest BCUT2D eigenvalue weighted by molar-refractivity contribution is 7.93. The minimum absolute atomic E-state index is 0.114. The lowest BCUT2D eigenvalue weighted by Gasteiger charge is -2.13. The minimum atomic E-state index is -3.64. The molecule has 11 heteroatoms. The predicted octanol–water partition coefficient (Wildman–Crippen LogP) is 3.52. The number of nitriles is 1. The predicted molar refractivity (Wildman–Crippen MR) is 120 cm³/mol. The fourth-order valence-corrected chi connectivity index (χ4v) is 5.00. The Labute approximate surface area is 188 Å². The quantitative estimate of drug-likeness (QED) is 0.477. The van der Waals surface area contributed by atoms with Crippen molar-refractivity contribution in [2.45, 2.75) is 18.1 Å². The molecule has 1 N–H and O–H groups in total. The van der Waals surface area contributed by atoms with Crippen molar-refractivity contribution in [3.63, 3.8) is 0 Å². The summed E-state index contributed by atoms with van der Waals surface area (Å²) in [7, 11) is -1.88. The highest BCUT2D eigenvalue weighted by Crippen LogP contribution is 2.36. The number of nitrogens with one attached hydrogen (secondary N) is 1. The summed E-state index contributed by atoms with van der Waals surface area (Å²) >= 11 is 6.46. The van der Waals surface area contributed by atoms with Crippen molar-refractivity contribution in [2.24, 2.45) is 7.05 Å². The summed E-state index contributed by atoms with van der Waals surface area (Å²) in [6.07, 6.45) is 4.56. The summed E-state index contributed by atoms with van der Waals surface area (Å²) in [6.45, 7) is 0. The van der Waals surface area contributed by atoms with E-state index in [9.17, 15) is 13.7 Å². The van der Waals surface area contributed by atoms with E-state index in [2.05, 4.69) is 24.8 Å². The molecule has 0 aliphatic heterocycles. The lowest BCUT2D eigenvalue weighted by molar-refractivity contribution is 0.599. The SMILES string of the molecule is Cn1ccc(-c2nc(NS(=O)(=O)C3CC3)c(C#N)nc2-c2cc(Cl)c3ncccc3c2)n1. The number of fused-ring (bicyclic) bond motifs is 1. The maximum Gasteiger partial charge on any atom is 0.236 e. The van der Waals surface area contributed by atoms with Gasteiger partial charge in [-0.2, -0.15) is 10.4 Å². The highest BCUT2D eigenvalue weighted by atomic mass is 35.5. The van der Waals surface area contributed by atoms with Gasteiger partial charge < -0.3 is 0 Å². The van der Waals surface area contributed by atoms with Crippen LogP contribution in [0.4, 0.5) is 5.82 Å². The Bertz CT molecular complexity index is 1520. The van der Waals surface area contributed by atoms with E-state index >= 15 is 0 Å². The van der Waals surface area contributed by atoms with Gasteiger partial charge in [0.1, 0.15) is 23.2 Å². The third-order valence-corrected chi connectivity index (χ3v) is 7.21. The number of benzene rings is 1. The first-order valence-electron chi connectivity index (χ1n) is 9.74. The zero-order valence-corrected chi connectivity index (χ0v) is 18.4. The van der Waals surface area contributed by atoms with E-state index < -0.39 is 15.3 Å². The van der Waals surface area contributed by atoms with Gasteiger partial charge in [0.2, 0.25) is 10.0 Å². The van der Waals surface area contributed by atoms with Crippen LogP contribution in [0.1, 0.15) is 18.5 Å². The number of nitrogens with zero attached hydrogens (tertiary/aromatic N) is 6. The first-order valence-corrected chi connectivity index (χ1v) is 11.7. The monoisotopic (exact) mass is 465 g/mol. The maximum atomic E-state index is 12.5. The maximum absolute atomic E-state index is 12.5. The molecule has 1 saturated carbocycles. The van der Waals surface area contributed by atoms with Crippen LogP contribution in [0.25, 0.3) is 33.5 Å². The molecule has 0 amide bonds. The molecule has 0 unspecified atom stereocenters. The Kier molecular flexibility index (Phi) is 4.80. The van der Waals surface area contributed by atoms with Crippen molar-refractivity contribution in [1.82, 2.24) is 24.7 Å². The molecule has 1 aromatic carbocycles. The van der Waals surface area contributed by atoms with E-state index in [1.807, 2.05) is 18.2 Å². The second-order valence-electron chi connectivity index (χ2n) is 7.48. The standard InChI is InChI=1S/C21H16ClN7O2S/c1-29-8-6-16(27-29)20-19(13-9-12-3-2-7-24-18(12)15(22)10-13)25-17(11-23)21(26-20)28-32(30,31)14-4-5-14/h2-3,6-10,14H,4-5H2,1H3,(H,26,28). The molecule has 1 aliphatic carbocycles. The van der Waals surface area contributed by atoms with Gasteiger partial charge in [-0.25, -0.2) is 18.4 Å². The van der Waals surface area contributed by atoms with Crippen molar-refractivity contribution in [2.75, 3.05) is 4.72 Å². The molecule has 0 saturated heterocycles. The molecule has 3 heterocycles. The number of hydrogen-bond acceptors (Lipinski definition) is 7. The van der Waals surface area contributed by atoms with Crippen LogP contribution < -0.4 is 4.72 Å². The summed E-state index contributed by atoms with van der Waals surface area (Å²) in [5.41, 5.74) is 2.29. The molecule has 0 spiro atoms. The van der Waals surface area contributed by atoms with E-state index in [-0.39, 0.29) is 11.5 Å². The number of rotatable bonds is 5. The topological polar surface area (TPSA) is 126 Å². The van der Waals surface area contributed by atoms with Crippen LogP contribution in [0, 0.1) is 11.3 Å². The Balaban J connectivity index is 1.74. The van der Waals surface area contributed by atoms with E-state index in [0.717, 1.165) is 5.39 Å². The van der Waals surface area contributed by atoms with Gasteiger partial charge in [0, 0.05) is 30.4 Å². The molecule has 5 rings (SSSR count). The summed E-state index contributed by atoms with van der Waals surface area (Å²) in [4.78, 5) is 13.3. The summed E-state index contributed by atoms with van der Waals surface area (Å²) in [6, 6.07) is 10.9. The van der Waals surface area contributed by atoms with Gasteiger partial charge >= 0.3 is 0 Å². The largest absolute Gasteiger partial charge is 0.275 e. The Morgan fingerprint density at radius 3 is 2.72 bits per heavy atom. The zero-order valence-electron chi connectivity index (χ0n) is 16.8. The average molecular weight is 466 g/mol. The molecule has 160 valence electrons. The second kappa shape index (κ2) is 7.55. The fourth-order valence-electron chi connectivity index (χ4n) is 3.39. The summed E-state index contributed by atoms with van der Waals surface area (Å²) in [5, 5.41) is 14.8. The lowest BCUT2D eigenvalue weighted by atomic mass is 10.0. The van der Waals surface area contributed by atoms with Crippen molar-refractivity contribution in [3.05, 3.63) is 53.4 Å². The third-order valence-electron chi connectivity index (χ3n) is 5.09. The van der Waals surface area contributed by atoms with Gasteiger partial charge in [0.25, 0.3) is 0 Å². The van der Waals surface area contributed by atoms with Crippen LogP contribution in [0.5, 0.6) is 0 Å². The molecule has 1 aliphatic rings. The Morgan fingerprint density at radius 1 is 1.22 bits per heavy atom. The fraction of sp³-hybridized carbons (Fsp3) is 0.190. The van der Waals surface area contributed by atoms with Gasteiger partial charge in [-0.05, 0) is 37.1 Å². The van der Waals surface area contributed by atoms with E-state index in [4.69, 9.17) is 11.6 Å². The van der Waals surface area contributed by atoms with E-state index in [1.54, 1.807) is 42.3 Å². The smallest absolute Gasteiger partial charge is 0.236 e. The van der Waals surface area contributed by atoms with Crippen LogP contribution in [0.2, 0.25) is 5.02 Å². The van der Waals surface area contributed by atoms with E-state index in [0.29, 0.717) is 46.0 Å². The number of aromatic nitrogens is 5. The number of anilines is 1. The molecule has 0 bridgehead atoms. The lowest BCUT2D eigenvalue weighted by Crippen LogP contribution is -2.20. The summed E-state index contributed by atoms with van der Waals surface area (Å²) < 4.78 is 29.0. The van der Waals surface area contributed by atoms with Gasteiger partial charge in [-0.3, -0.25) is 14.4 Å². The van der Waals surface area contributed by atoms with Crippen LogP contribution in [-0.4, -0.2) is 38.4 Å². The van der Waals surface area contributed by atoms with Crippen molar-refractivity contribution < 1.29 is 8.42 Å². The molecule has 4 aromatic rings. The molecule has 0 radical (unpaired) electrons. The zero-order chi connectivity index (χ0) is 22.5. The molecule has 1 fully saturated rings. The molecule has 3 aromatic heterocycles. The Hall–Kier alpha value is -3.55. The van der Waals surface area contributed by atoms with Crippen molar-refractivity contribution in [1.29, 1.82) is 5.26 Å².